The molecular formula is C14H21ClN2O2. The Morgan fingerprint density at radius 2 is 2.05 bits per heavy atom. The molecule has 0 aromatic heterocycles. The van der Waals surface area contributed by atoms with Crippen molar-refractivity contribution in [3.05, 3.63) is 35.9 Å². The maximum atomic E-state index is 11.6. The monoisotopic (exact) mass is 284 g/mol. The van der Waals surface area contributed by atoms with Gasteiger partial charge in [-0.15, -0.1) is 12.4 Å². The minimum absolute atomic E-state index is 0. The van der Waals surface area contributed by atoms with Crippen molar-refractivity contribution < 1.29 is 9.53 Å². The molecule has 0 radical (unpaired) electrons. The van der Waals surface area contributed by atoms with Crippen molar-refractivity contribution in [3.8, 4) is 0 Å². The van der Waals surface area contributed by atoms with Crippen molar-refractivity contribution in [1.82, 2.24) is 5.32 Å². The highest BCUT2D eigenvalue weighted by Gasteiger charge is 2.21. The van der Waals surface area contributed by atoms with E-state index in [4.69, 9.17) is 10.5 Å². The van der Waals surface area contributed by atoms with Crippen molar-refractivity contribution in [1.29, 1.82) is 0 Å². The number of nitrogens with one attached hydrogen (secondary N) is 1. The molecule has 0 unspecified atom stereocenters. The summed E-state index contributed by atoms with van der Waals surface area (Å²) in [5, 5.41) is 2.88. The second-order valence-electron chi connectivity index (χ2n) is 4.83. The first-order valence-electron chi connectivity index (χ1n) is 6.47. The molecule has 0 heterocycles. The number of nitrogens with two attached hydrogens (primary N) is 1. The van der Waals surface area contributed by atoms with Crippen LogP contribution in [0.3, 0.4) is 0 Å². The number of halogens is 1. The fourth-order valence-corrected chi connectivity index (χ4v) is 2.29. The highest BCUT2D eigenvalue weighted by Crippen LogP contribution is 2.17. The molecule has 19 heavy (non-hydrogen) atoms. The lowest BCUT2D eigenvalue weighted by Crippen LogP contribution is -2.42. The van der Waals surface area contributed by atoms with E-state index < -0.39 is 0 Å². The minimum Gasteiger partial charge on any atom is -0.445 e. The largest absolute Gasteiger partial charge is 0.445 e. The van der Waals surface area contributed by atoms with E-state index in [0.29, 0.717) is 6.61 Å². The van der Waals surface area contributed by atoms with Crippen LogP contribution in [0.25, 0.3) is 0 Å². The van der Waals surface area contributed by atoms with Gasteiger partial charge in [0.1, 0.15) is 6.61 Å². The minimum atomic E-state index is -0.349. The van der Waals surface area contributed by atoms with E-state index >= 15 is 0 Å². The first kappa shape index (κ1) is 15.8. The molecule has 0 aliphatic heterocycles. The molecule has 2 rings (SSSR count). The van der Waals surface area contributed by atoms with Gasteiger partial charge in [-0.2, -0.15) is 0 Å². The molecule has 1 saturated carbocycles. The predicted molar refractivity (Wildman–Crippen MR) is 77.2 cm³/mol. The van der Waals surface area contributed by atoms with Crippen LogP contribution in [-0.2, 0) is 11.3 Å². The quantitative estimate of drug-likeness (QED) is 0.897. The Morgan fingerprint density at radius 3 is 2.74 bits per heavy atom. The number of amides is 1. The van der Waals surface area contributed by atoms with Crippen LogP contribution in [0.15, 0.2) is 30.3 Å². The number of carbonyl (C=O) groups excluding carboxylic acids is 1. The Morgan fingerprint density at radius 1 is 1.32 bits per heavy atom. The second-order valence-corrected chi connectivity index (χ2v) is 4.83. The van der Waals surface area contributed by atoms with Crippen LogP contribution in [0.5, 0.6) is 0 Å². The van der Waals surface area contributed by atoms with Crippen molar-refractivity contribution in [3.63, 3.8) is 0 Å². The van der Waals surface area contributed by atoms with Crippen molar-refractivity contribution in [2.75, 3.05) is 0 Å². The van der Waals surface area contributed by atoms with E-state index in [1.807, 2.05) is 30.3 Å². The normalized spacial score (nSPS) is 22.2. The summed E-state index contributed by atoms with van der Waals surface area (Å²) in [6, 6.07) is 10.0. The van der Waals surface area contributed by atoms with Gasteiger partial charge in [-0.05, 0) is 31.2 Å². The fourth-order valence-electron chi connectivity index (χ4n) is 2.29. The molecule has 1 amide bonds. The Kier molecular flexibility index (Phi) is 6.67. The third-order valence-electron chi connectivity index (χ3n) is 3.25. The summed E-state index contributed by atoms with van der Waals surface area (Å²) >= 11 is 0. The second kappa shape index (κ2) is 8.02. The average Bonchev–Trinajstić information content (AvgIpc) is 2.38. The van der Waals surface area contributed by atoms with Crippen LogP contribution in [0.1, 0.15) is 31.2 Å². The third kappa shape index (κ3) is 5.49. The molecule has 0 spiro atoms. The topological polar surface area (TPSA) is 64.3 Å². The molecule has 1 aromatic rings. The first-order chi connectivity index (χ1) is 8.74. The van der Waals surface area contributed by atoms with Gasteiger partial charge in [-0.3, -0.25) is 0 Å². The molecule has 0 saturated heterocycles. The van der Waals surface area contributed by atoms with Gasteiger partial charge in [0.2, 0.25) is 0 Å². The summed E-state index contributed by atoms with van der Waals surface area (Å²) in [6.45, 7) is 0.311. The van der Waals surface area contributed by atoms with Gasteiger partial charge in [-0.25, -0.2) is 4.79 Å². The molecule has 1 aliphatic rings. The number of hydrogen-bond donors (Lipinski definition) is 2. The molecule has 1 aliphatic carbocycles. The standard InChI is InChI=1S/C14H20N2O2.ClH/c15-12-7-4-8-13(9-12)16-14(17)18-10-11-5-2-1-3-6-11;/h1-3,5-6,12-13H,4,7-10,15H2,(H,16,17);1H/t12-,13+;/m1./s1. The summed E-state index contributed by atoms with van der Waals surface area (Å²) in [6.07, 6.45) is 3.62. The Bertz CT molecular complexity index is 386. The molecule has 3 N–H and O–H groups in total. The third-order valence-corrected chi connectivity index (χ3v) is 3.25. The zero-order chi connectivity index (χ0) is 12.8. The van der Waals surface area contributed by atoms with Gasteiger partial charge in [-0.1, -0.05) is 30.3 Å². The number of ether oxygens (including phenoxy) is 1. The Labute approximate surface area is 120 Å². The summed E-state index contributed by atoms with van der Waals surface area (Å²) in [5.74, 6) is 0. The van der Waals surface area contributed by atoms with Gasteiger partial charge in [0.15, 0.2) is 0 Å². The highest BCUT2D eigenvalue weighted by molar-refractivity contribution is 5.85. The van der Waals surface area contributed by atoms with Gasteiger partial charge in [0, 0.05) is 12.1 Å². The summed E-state index contributed by atoms with van der Waals surface area (Å²) < 4.78 is 5.18. The molecule has 2 atom stereocenters. The maximum Gasteiger partial charge on any atom is 0.407 e. The molecule has 4 nitrogen and oxygen atoms in total. The fraction of sp³-hybridized carbons (Fsp3) is 0.500. The molecule has 0 bridgehead atoms. The lowest BCUT2D eigenvalue weighted by atomic mass is 9.92. The molecule has 5 heteroatoms. The average molecular weight is 285 g/mol. The zero-order valence-electron chi connectivity index (χ0n) is 10.9. The van der Waals surface area contributed by atoms with E-state index in [-0.39, 0.29) is 30.6 Å². The SMILES string of the molecule is Cl.N[C@@H]1CCC[C@H](NC(=O)OCc2ccccc2)C1. The van der Waals surface area contributed by atoms with Crippen LogP contribution in [0.2, 0.25) is 0 Å². The number of benzene rings is 1. The Balaban J connectivity index is 0.00000180. The summed E-state index contributed by atoms with van der Waals surface area (Å²) in [4.78, 5) is 11.6. The smallest absolute Gasteiger partial charge is 0.407 e. The molecule has 106 valence electrons. The number of carbonyl (C=O) groups is 1. The van der Waals surface area contributed by atoms with Crippen LogP contribution in [0, 0.1) is 0 Å². The molecule has 1 fully saturated rings. The predicted octanol–water partition coefficient (Wildman–Crippen LogP) is 2.60. The highest BCUT2D eigenvalue weighted by atomic mass is 35.5. The van der Waals surface area contributed by atoms with Gasteiger partial charge in [0.05, 0.1) is 0 Å². The number of rotatable bonds is 3. The van der Waals surface area contributed by atoms with Crippen molar-refractivity contribution in [2.24, 2.45) is 5.73 Å². The lowest BCUT2D eigenvalue weighted by Gasteiger charge is -2.26. The number of alkyl carbamates (subject to hydrolysis) is 1. The van der Waals surface area contributed by atoms with Crippen LogP contribution in [0.4, 0.5) is 4.79 Å². The van der Waals surface area contributed by atoms with Crippen LogP contribution < -0.4 is 11.1 Å². The van der Waals surface area contributed by atoms with Crippen LogP contribution in [-0.4, -0.2) is 18.2 Å². The number of hydrogen-bond acceptors (Lipinski definition) is 3. The summed E-state index contributed by atoms with van der Waals surface area (Å²) in [5.41, 5.74) is 6.87. The first-order valence-corrected chi connectivity index (χ1v) is 6.47. The van der Waals surface area contributed by atoms with E-state index in [9.17, 15) is 4.79 Å². The molecular weight excluding hydrogens is 264 g/mol. The van der Waals surface area contributed by atoms with Crippen molar-refractivity contribution >= 4 is 18.5 Å². The maximum absolute atomic E-state index is 11.6. The molecule has 1 aromatic carbocycles. The van der Waals surface area contributed by atoms with E-state index in [1.165, 1.54) is 0 Å². The van der Waals surface area contributed by atoms with Gasteiger partial charge in [0.25, 0.3) is 0 Å². The van der Waals surface area contributed by atoms with E-state index in [1.54, 1.807) is 0 Å². The van der Waals surface area contributed by atoms with Crippen molar-refractivity contribution in [2.45, 2.75) is 44.4 Å². The van der Waals surface area contributed by atoms with Gasteiger partial charge < -0.3 is 15.8 Å². The summed E-state index contributed by atoms with van der Waals surface area (Å²) in [7, 11) is 0. The van der Waals surface area contributed by atoms with E-state index in [2.05, 4.69) is 5.32 Å². The Hall–Kier alpha value is -1.26. The zero-order valence-corrected chi connectivity index (χ0v) is 11.7. The lowest BCUT2D eigenvalue weighted by molar-refractivity contribution is 0.132. The van der Waals surface area contributed by atoms with E-state index in [0.717, 1.165) is 31.2 Å². The van der Waals surface area contributed by atoms with Gasteiger partial charge >= 0.3 is 6.09 Å². The van der Waals surface area contributed by atoms with Crippen LogP contribution >= 0.6 is 12.4 Å².